The van der Waals surface area contributed by atoms with Crippen molar-refractivity contribution in [3.8, 4) is 0 Å². The summed E-state index contributed by atoms with van der Waals surface area (Å²) in [6.07, 6.45) is 8.67. The Morgan fingerprint density at radius 2 is 1.74 bits per heavy atom. The molecule has 2 aliphatic carbocycles. The molecule has 0 heterocycles. The molecule has 0 bridgehead atoms. The van der Waals surface area contributed by atoms with Crippen LogP contribution in [0.4, 0.5) is 0 Å². The fourth-order valence-electron chi connectivity index (χ4n) is 3.18. The average molecular weight is 290 g/mol. The van der Waals surface area contributed by atoms with Crippen LogP contribution in [0.1, 0.15) is 57.8 Å². The molecule has 2 saturated carbocycles. The second-order valence-corrected chi connectivity index (χ2v) is 7.88. The van der Waals surface area contributed by atoms with Gasteiger partial charge in [-0.2, -0.15) is 17.4 Å². The van der Waals surface area contributed by atoms with Gasteiger partial charge in [0.05, 0.1) is 5.60 Å². The van der Waals surface area contributed by atoms with E-state index in [0.29, 0.717) is 12.8 Å². The lowest BCUT2D eigenvalue weighted by molar-refractivity contribution is 0.0526. The summed E-state index contributed by atoms with van der Waals surface area (Å²) in [4.78, 5) is 0. The van der Waals surface area contributed by atoms with Gasteiger partial charge in [-0.25, -0.2) is 0 Å². The molecule has 0 unspecified atom stereocenters. The maximum absolute atomic E-state index is 12.2. The lowest BCUT2D eigenvalue weighted by atomic mass is 9.96. The van der Waals surface area contributed by atoms with Gasteiger partial charge in [0.2, 0.25) is 0 Å². The normalized spacial score (nSPS) is 25.0. The van der Waals surface area contributed by atoms with Gasteiger partial charge in [-0.05, 0) is 25.7 Å². The minimum absolute atomic E-state index is 0.115. The summed E-state index contributed by atoms with van der Waals surface area (Å²) in [5, 5.41) is 10.2. The Morgan fingerprint density at radius 1 is 1.16 bits per heavy atom. The summed E-state index contributed by atoms with van der Waals surface area (Å²) < 4.78 is 28.5. The number of hydrogen-bond donors (Lipinski definition) is 2. The number of hydrogen-bond acceptors (Lipinski definition) is 3. The zero-order chi connectivity index (χ0) is 13.9. The molecule has 0 radical (unpaired) electrons. The largest absolute Gasteiger partial charge is 0.389 e. The van der Waals surface area contributed by atoms with Crippen LogP contribution in [0.3, 0.4) is 0 Å². The molecule has 19 heavy (non-hydrogen) atoms. The number of nitrogens with one attached hydrogen (secondary N) is 1. The van der Waals surface area contributed by atoms with Gasteiger partial charge in [0.15, 0.2) is 0 Å². The maximum atomic E-state index is 12.2. The van der Waals surface area contributed by atoms with Crippen LogP contribution in [-0.4, -0.2) is 43.1 Å². The van der Waals surface area contributed by atoms with Gasteiger partial charge in [0, 0.05) is 19.6 Å². The molecule has 0 aromatic rings. The molecule has 0 spiro atoms. The van der Waals surface area contributed by atoms with E-state index in [9.17, 15) is 13.5 Å². The van der Waals surface area contributed by atoms with Gasteiger partial charge >= 0.3 is 0 Å². The Kier molecular flexibility index (Phi) is 4.87. The van der Waals surface area contributed by atoms with Crippen molar-refractivity contribution in [2.24, 2.45) is 0 Å². The highest BCUT2D eigenvalue weighted by Gasteiger charge is 2.34. The van der Waals surface area contributed by atoms with E-state index in [1.54, 1.807) is 7.05 Å². The Balaban J connectivity index is 1.89. The van der Waals surface area contributed by atoms with E-state index in [-0.39, 0.29) is 12.6 Å². The predicted octanol–water partition coefficient (Wildman–Crippen LogP) is 1.39. The van der Waals surface area contributed by atoms with Gasteiger partial charge < -0.3 is 5.11 Å². The molecule has 0 saturated heterocycles. The van der Waals surface area contributed by atoms with Crippen molar-refractivity contribution in [3.05, 3.63) is 0 Å². The van der Waals surface area contributed by atoms with E-state index in [2.05, 4.69) is 4.72 Å². The summed E-state index contributed by atoms with van der Waals surface area (Å²) >= 11 is 0. The zero-order valence-corrected chi connectivity index (χ0v) is 12.6. The highest BCUT2D eigenvalue weighted by Crippen LogP contribution is 2.29. The topological polar surface area (TPSA) is 69.6 Å². The van der Waals surface area contributed by atoms with Crippen LogP contribution in [0.5, 0.6) is 0 Å². The van der Waals surface area contributed by atoms with Crippen molar-refractivity contribution in [2.75, 3.05) is 13.6 Å². The molecule has 0 atom stereocenters. The van der Waals surface area contributed by atoms with Crippen molar-refractivity contribution in [3.63, 3.8) is 0 Å². The second kappa shape index (κ2) is 6.08. The Bertz CT molecular complexity index is 385. The molecule has 2 N–H and O–H groups in total. The van der Waals surface area contributed by atoms with Gasteiger partial charge in [0.1, 0.15) is 0 Å². The molecule has 2 aliphatic rings. The number of nitrogens with zero attached hydrogens (tertiary/aromatic N) is 1. The van der Waals surface area contributed by atoms with Gasteiger partial charge in [-0.1, -0.05) is 32.1 Å². The van der Waals surface area contributed by atoms with Crippen LogP contribution in [-0.2, 0) is 10.2 Å². The predicted molar refractivity (Wildman–Crippen MR) is 75.0 cm³/mol. The highest BCUT2D eigenvalue weighted by atomic mass is 32.2. The van der Waals surface area contributed by atoms with Crippen molar-refractivity contribution in [1.82, 2.24) is 9.03 Å². The van der Waals surface area contributed by atoms with Crippen LogP contribution in [0.2, 0.25) is 0 Å². The van der Waals surface area contributed by atoms with E-state index < -0.39 is 15.8 Å². The first-order valence-corrected chi connectivity index (χ1v) is 8.82. The third kappa shape index (κ3) is 3.90. The first kappa shape index (κ1) is 15.2. The first-order valence-electron chi connectivity index (χ1n) is 7.38. The van der Waals surface area contributed by atoms with Crippen LogP contribution in [0.25, 0.3) is 0 Å². The third-order valence-corrected chi connectivity index (χ3v) is 6.15. The zero-order valence-electron chi connectivity index (χ0n) is 11.8. The van der Waals surface area contributed by atoms with Gasteiger partial charge in [0.25, 0.3) is 10.2 Å². The molecule has 2 rings (SSSR count). The lowest BCUT2D eigenvalue weighted by Gasteiger charge is -2.31. The molecular weight excluding hydrogens is 264 g/mol. The van der Waals surface area contributed by atoms with E-state index >= 15 is 0 Å². The van der Waals surface area contributed by atoms with Gasteiger partial charge in [-0.15, -0.1) is 0 Å². The minimum atomic E-state index is -3.46. The fraction of sp³-hybridized carbons (Fsp3) is 1.00. The van der Waals surface area contributed by atoms with Crippen molar-refractivity contribution in [2.45, 2.75) is 69.4 Å². The van der Waals surface area contributed by atoms with Crippen LogP contribution < -0.4 is 4.72 Å². The van der Waals surface area contributed by atoms with Crippen LogP contribution in [0.15, 0.2) is 0 Å². The molecule has 5 nitrogen and oxygen atoms in total. The molecule has 0 aromatic heterocycles. The van der Waals surface area contributed by atoms with E-state index in [1.807, 2.05) is 0 Å². The van der Waals surface area contributed by atoms with Gasteiger partial charge in [-0.3, -0.25) is 0 Å². The standard InChI is InChI=1S/C13H26N2O3S/c1-15(12-7-3-2-4-8-12)19(17,18)14-11-13(16)9-5-6-10-13/h12,14,16H,2-11H2,1H3. The summed E-state index contributed by atoms with van der Waals surface area (Å²) in [7, 11) is -1.81. The molecular formula is C13H26N2O3S. The maximum Gasteiger partial charge on any atom is 0.279 e. The molecule has 2 fully saturated rings. The summed E-state index contributed by atoms with van der Waals surface area (Å²) in [6, 6.07) is 0.115. The monoisotopic (exact) mass is 290 g/mol. The lowest BCUT2D eigenvalue weighted by Crippen LogP contribution is -2.49. The van der Waals surface area contributed by atoms with E-state index in [0.717, 1.165) is 38.5 Å². The molecule has 6 heteroatoms. The smallest absolute Gasteiger partial charge is 0.279 e. The average Bonchev–Trinajstić information content (AvgIpc) is 2.84. The summed E-state index contributed by atoms with van der Waals surface area (Å²) in [5.74, 6) is 0. The SMILES string of the molecule is CN(C1CCCCC1)S(=O)(=O)NCC1(O)CCCC1. The quantitative estimate of drug-likeness (QED) is 0.804. The Labute approximate surface area is 116 Å². The molecule has 0 aromatic carbocycles. The van der Waals surface area contributed by atoms with Crippen LogP contribution >= 0.6 is 0 Å². The van der Waals surface area contributed by atoms with E-state index in [4.69, 9.17) is 0 Å². The molecule has 0 amide bonds. The fourth-order valence-corrected chi connectivity index (χ4v) is 4.44. The first-order chi connectivity index (χ1) is 8.93. The minimum Gasteiger partial charge on any atom is -0.389 e. The summed E-state index contributed by atoms with van der Waals surface area (Å²) in [6.45, 7) is 0.145. The molecule has 112 valence electrons. The van der Waals surface area contributed by atoms with E-state index in [1.165, 1.54) is 10.7 Å². The second-order valence-electron chi connectivity index (χ2n) is 6.07. The number of rotatable bonds is 5. The van der Waals surface area contributed by atoms with Crippen molar-refractivity contribution in [1.29, 1.82) is 0 Å². The van der Waals surface area contributed by atoms with Crippen LogP contribution in [0, 0.1) is 0 Å². The van der Waals surface area contributed by atoms with Crippen molar-refractivity contribution >= 4 is 10.2 Å². The summed E-state index contributed by atoms with van der Waals surface area (Å²) in [5.41, 5.74) is -0.833. The Hall–Kier alpha value is -0.170. The highest BCUT2D eigenvalue weighted by molar-refractivity contribution is 7.87. The third-order valence-electron chi connectivity index (χ3n) is 4.59. The Morgan fingerprint density at radius 3 is 2.32 bits per heavy atom. The van der Waals surface area contributed by atoms with Crippen molar-refractivity contribution < 1.29 is 13.5 Å². The number of aliphatic hydroxyl groups is 1. The molecule has 0 aliphatic heterocycles.